The van der Waals surface area contributed by atoms with E-state index in [1.165, 1.54) is 24.0 Å². The van der Waals surface area contributed by atoms with Gasteiger partial charge in [-0.2, -0.15) is 0 Å². The van der Waals surface area contributed by atoms with Crippen LogP contribution in [-0.2, 0) is 4.74 Å². The maximum Gasteiger partial charge on any atom is 0.193 e. The second-order valence-corrected chi connectivity index (χ2v) is 8.38. The van der Waals surface area contributed by atoms with Crippen LogP contribution < -0.4 is 5.32 Å². The van der Waals surface area contributed by atoms with Gasteiger partial charge in [0, 0.05) is 39.2 Å². The Kier molecular flexibility index (Phi) is 6.58. The molecule has 2 heterocycles. The van der Waals surface area contributed by atoms with Crippen molar-refractivity contribution in [2.45, 2.75) is 46.1 Å². The molecular formula is C22H35N3O. The quantitative estimate of drug-likeness (QED) is 0.656. The standard InChI is InChI=1S/C22H35N3O/c1-16-7-9-19(10-8-16)21-20(6-5-11-26-21)13-24-22(23-4)25-14-17(2)12-18(3)15-25/h7-10,17-18,20-21H,5-6,11-15H2,1-4H3,(H,23,24). The van der Waals surface area contributed by atoms with E-state index in [1.807, 2.05) is 7.05 Å². The summed E-state index contributed by atoms with van der Waals surface area (Å²) < 4.78 is 6.17. The number of likely N-dealkylation sites (tertiary alicyclic amines) is 1. The Morgan fingerprint density at radius 2 is 1.88 bits per heavy atom. The SMILES string of the molecule is CN=C(NCC1CCCOC1c1ccc(C)cc1)N1CC(C)CC(C)C1. The first kappa shape index (κ1) is 19.2. The van der Waals surface area contributed by atoms with E-state index in [1.54, 1.807) is 0 Å². The Labute approximate surface area is 159 Å². The largest absolute Gasteiger partial charge is 0.373 e. The van der Waals surface area contributed by atoms with Gasteiger partial charge in [0.05, 0.1) is 6.10 Å². The summed E-state index contributed by atoms with van der Waals surface area (Å²) in [6.07, 6.45) is 3.86. The molecule has 144 valence electrons. The minimum Gasteiger partial charge on any atom is -0.373 e. The zero-order valence-corrected chi connectivity index (χ0v) is 16.9. The van der Waals surface area contributed by atoms with Crippen LogP contribution in [0.4, 0.5) is 0 Å². The third kappa shape index (κ3) is 4.79. The molecule has 1 aromatic rings. The summed E-state index contributed by atoms with van der Waals surface area (Å²) in [6.45, 7) is 10.8. The average Bonchev–Trinajstić information content (AvgIpc) is 2.62. The van der Waals surface area contributed by atoms with E-state index in [0.29, 0.717) is 5.92 Å². The van der Waals surface area contributed by atoms with Gasteiger partial charge in [0.1, 0.15) is 0 Å². The normalized spacial score (nSPS) is 30.3. The van der Waals surface area contributed by atoms with E-state index in [0.717, 1.165) is 50.5 Å². The maximum atomic E-state index is 6.17. The number of hydrogen-bond donors (Lipinski definition) is 1. The number of ether oxygens (including phenoxy) is 1. The number of rotatable bonds is 3. The highest BCUT2D eigenvalue weighted by Gasteiger charge is 2.29. The first-order chi connectivity index (χ1) is 12.6. The molecule has 0 amide bonds. The van der Waals surface area contributed by atoms with E-state index in [9.17, 15) is 0 Å². The Bertz CT molecular complexity index is 588. The van der Waals surface area contributed by atoms with Crippen LogP contribution >= 0.6 is 0 Å². The molecule has 3 rings (SSSR count). The Hall–Kier alpha value is -1.55. The lowest BCUT2D eigenvalue weighted by Gasteiger charge is -2.38. The Balaban J connectivity index is 1.63. The molecule has 2 fully saturated rings. The Morgan fingerprint density at radius 1 is 1.19 bits per heavy atom. The van der Waals surface area contributed by atoms with Crippen molar-refractivity contribution >= 4 is 5.96 Å². The minimum atomic E-state index is 0.189. The predicted molar refractivity (Wildman–Crippen MR) is 108 cm³/mol. The molecule has 1 aromatic carbocycles. The van der Waals surface area contributed by atoms with E-state index < -0.39 is 0 Å². The van der Waals surface area contributed by atoms with Gasteiger partial charge in [-0.1, -0.05) is 43.7 Å². The number of aryl methyl sites for hydroxylation is 1. The highest BCUT2D eigenvalue weighted by Crippen LogP contribution is 2.33. The summed E-state index contributed by atoms with van der Waals surface area (Å²) >= 11 is 0. The van der Waals surface area contributed by atoms with Crippen molar-refractivity contribution in [2.24, 2.45) is 22.7 Å². The van der Waals surface area contributed by atoms with Gasteiger partial charge in [0.2, 0.25) is 0 Å². The fourth-order valence-corrected chi connectivity index (χ4v) is 4.57. The van der Waals surface area contributed by atoms with Gasteiger partial charge in [0.15, 0.2) is 5.96 Å². The molecule has 0 spiro atoms. The second-order valence-electron chi connectivity index (χ2n) is 8.38. The van der Waals surface area contributed by atoms with Crippen molar-refractivity contribution in [1.29, 1.82) is 0 Å². The summed E-state index contributed by atoms with van der Waals surface area (Å²) in [6, 6.07) is 8.82. The average molecular weight is 358 g/mol. The van der Waals surface area contributed by atoms with Crippen LogP contribution in [0.15, 0.2) is 29.3 Å². The lowest BCUT2D eigenvalue weighted by Crippen LogP contribution is -2.49. The molecule has 26 heavy (non-hydrogen) atoms. The van der Waals surface area contributed by atoms with Crippen LogP contribution in [0.3, 0.4) is 0 Å². The van der Waals surface area contributed by atoms with Crippen molar-refractivity contribution in [1.82, 2.24) is 10.2 Å². The van der Waals surface area contributed by atoms with Gasteiger partial charge < -0.3 is 15.0 Å². The van der Waals surface area contributed by atoms with Crippen molar-refractivity contribution in [3.05, 3.63) is 35.4 Å². The molecule has 0 bridgehead atoms. The summed E-state index contributed by atoms with van der Waals surface area (Å²) in [4.78, 5) is 7.00. The van der Waals surface area contributed by atoms with Gasteiger partial charge in [-0.25, -0.2) is 0 Å². The van der Waals surface area contributed by atoms with Crippen molar-refractivity contribution < 1.29 is 4.74 Å². The van der Waals surface area contributed by atoms with Crippen LogP contribution in [0.2, 0.25) is 0 Å². The fraction of sp³-hybridized carbons (Fsp3) is 0.682. The molecular weight excluding hydrogens is 322 g/mol. The van der Waals surface area contributed by atoms with Crippen molar-refractivity contribution in [3.63, 3.8) is 0 Å². The number of piperidine rings is 1. The van der Waals surface area contributed by atoms with Gasteiger partial charge in [-0.15, -0.1) is 0 Å². The number of hydrogen-bond acceptors (Lipinski definition) is 2. The number of benzene rings is 1. The molecule has 1 N–H and O–H groups in total. The van der Waals surface area contributed by atoms with Gasteiger partial charge in [-0.05, 0) is 43.6 Å². The lowest BCUT2D eigenvalue weighted by atomic mass is 9.89. The summed E-state index contributed by atoms with van der Waals surface area (Å²) in [7, 11) is 1.90. The van der Waals surface area contributed by atoms with E-state index >= 15 is 0 Å². The predicted octanol–water partition coefficient (Wildman–Crippen LogP) is 4.02. The molecule has 0 radical (unpaired) electrons. The first-order valence-electron chi connectivity index (χ1n) is 10.2. The molecule has 0 saturated carbocycles. The zero-order chi connectivity index (χ0) is 18.5. The van der Waals surface area contributed by atoms with Gasteiger partial charge >= 0.3 is 0 Å². The third-order valence-electron chi connectivity index (χ3n) is 5.75. The number of guanidine groups is 1. The van der Waals surface area contributed by atoms with Crippen LogP contribution in [-0.4, -0.2) is 44.1 Å². The van der Waals surface area contributed by atoms with Crippen LogP contribution in [0.25, 0.3) is 0 Å². The van der Waals surface area contributed by atoms with E-state index in [2.05, 4.69) is 60.2 Å². The molecule has 4 unspecified atom stereocenters. The monoisotopic (exact) mass is 357 g/mol. The zero-order valence-electron chi connectivity index (χ0n) is 16.9. The van der Waals surface area contributed by atoms with Gasteiger partial charge in [-0.3, -0.25) is 4.99 Å². The smallest absolute Gasteiger partial charge is 0.193 e. The molecule has 4 heteroatoms. The molecule has 4 atom stereocenters. The van der Waals surface area contributed by atoms with Crippen LogP contribution in [0, 0.1) is 24.7 Å². The third-order valence-corrected chi connectivity index (χ3v) is 5.75. The first-order valence-corrected chi connectivity index (χ1v) is 10.2. The highest BCUT2D eigenvalue weighted by molar-refractivity contribution is 5.80. The molecule has 0 aliphatic carbocycles. The van der Waals surface area contributed by atoms with Gasteiger partial charge in [0.25, 0.3) is 0 Å². The molecule has 2 aliphatic rings. The topological polar surface area (TPSA) is 36.9 Å². The molecule has 0 aromatic heterocycles. The van der Waals surface area contributed by atoms with E-state index in [-0.39, 0.29) is 6.10 Å². The molecule has 2 saturated heterocycles. The summed E-state index contributed by atoms with van der Waals surface area (Å²) in [5.74, 6) is 3.01. The Morgan fingerprint density at radius 3 is 2.54 bits per heavy atom. The lowest BCUT2D eigenvalue weighted by molar-refractivity contribution is -0.0267. The van der Waals surface area contributed by atoms with Crippen LogP contribution in [0.1, 0.15) is 50.3 Å². The molecule has 2 aliphatic heterocycles. The molecule has 4 nitrogen and oxygen atoms in total. The number of aliphatic imine (C=N–C) groups is 1. The fourth-order valence-electron chi connectivity index (χ4n) is 4.57. The minimum absolute atomic E-state index is 0.189. The summed E-state index contributed by atoms with van der Waals surface area (Å²) in [5, 5.41) is 3.66. The second kappa shape index (κ2) is 8.90. The maximum absolute atomic E-state index is 6.17. The highest BCUT2D eigenvalue weighted by atomic mass is 16.5. The summed E-state index contributed by atoms with van der Waals surface area (Å²) in [5.41, 5.74) is 2.60. The van der Waals surface area contributed by atoms with E-state index in [4.69, 9.17) is 4.74 Å². The number of nitrogens with zero attached hydrogens (tertiary/aromatic N) is 2. The van der Waals surface area contributed by atoms with Crippen LogP contribution in [0.5, 0.6) is 0 Å². The van der Waals surface area contributed by atoms with Crippen molar-refractivity contribution in [2.75, 3.05) is 33.3 Å². The van der Waals surface area contributed by atoms with Crippen molar-refractivity contribution in [3.8, 4) is 0 Å². The number of nitrogens with one attached hydrogen (secondary N) is 1.